The van der Waals surface area contributed by atoms with Crippen LogP contribution in [-0.4, -0.2) is 26.0 Å². The second-order valence-electron chi connectivity index (χ2n) is 6.28. The average Bonchev–Trinajstić information content (AvgIpc) is 2.54. The van der Waals surface area contributed by atoms with Gasteiger partial charge in [0.25, 0.3) is 0 Å². The summed E-state index contributed by atoms with van der Waals surface area (Å²) in [6.07, 6.45) is 4.08. The van der Waals surface area contributed by atoms with Crippen molar-refractivity contribution in [3.8, 4) is 5.75 Å². The number of alkyl halides is 3. The van der Waals surface area contributed by atoms with Crippen LogP contribution < -0.4 is 4.18 Å². The first-order valence-corrected chi connectivity index (χ1v) is 9.83. The maximum Gasteiger partial charge on any atom is 0.534 e. The van der Waals surface area contributed by atoms with Gasteiger partial charge in [-0.05, 0) is 55.7 Å². The SMILES string of the molecule is CCCC(=O)OC1CCCC(c2ccc(OS(=O)(=O)C(F)(F)F)cc2)C1. The van der Waals surface area contributed by atoms with Crippen LogP contribution in [0.5, 0.6) is 5.75 Å². The minimum Gasteiger partial charge on any atom is -0.462 e. The topological polar surface area (TPSA) is 69.7 Å². The molecule has 5 nitrogen and oxygen atoms in total. The summed E-state index contributed by atoms with van der Waals surface area (Å²) in [6.45, 7) is 1.90. The van der Waals surface area contributed by atoms with Gasteiger partial charge in [-0.1, -0.05) is 19.1 Å². The third kappa shape index (κ3) is 5.36. The molecule has 26 heavy (non-hydrogen) atoms. The number of halogens is 3. The number of carbonyl (C=O) groups excluding carboxylic acids is 1. The molecular formula is C17H21F3O5S. The fourth-order valence-electron chi connectivity index (χ4n) is 2.97. The molecule has 0 N–H and O–H groups in total. The Hall–Kier alpha value is -1.77. The van der Waals surface area contributed by atoms with Gasteiger partial charge < -0.3 is 8.92 Å². The molecule has 1 aliphatic rings. The van der Waals surface area contributed by atoms with E-state index in [4.69, 9.17) is 4.74 Å². The highest BCUT2D eigenvalue weighted by Gasteiger charge is 2.48. The quantitative estimate of drug-likeness (QED) is 0.409. The Morgan fingerprint density at radius 3 is 2.42 bits per heavy atom. The molecule has 0 aromatic heterocycles. The van der Waals surface area contributed by atoms with E-state index in [2.05, 4.69) is 4.18 Å². The van der Waals surface area contributed by atoms with Crippen LogP contribution in [0.25, 0.3) is 0 Å². The lowest BCUT2D eigenvalue weighted by Gasteiger charge is -2.29. The minimum atomic E-state index is -5.67. The largest absolute Gasteiger partial charge is 0.534 e. The van der Waals surface area contributed by atoms with E-state index in [1.807, 2.05) is 6.92 Å². The fourth-order valence-corrected chi connectivity index (χ4v) is 3.43. The Balaban J connectivity index is 2.00. The van der Waals surface area contributed by atoms with Crippen LogP contribution in [0.15, 0.2) is 24.3 Å². The summed E-state index contributed by atoms with van der Waals surface area (Å²) in [5, 5.41) is 0. The summed E-state index contributed by atoms with van der Waals surface area (Å²) in [7, 11) is -5.67. The first-order valence-electron chi connectivity index (χ1n) is 8.42. The molecule has 2 atom stereocenters. The Kier molecular flexibility index (Phi) is 6.54. The smallest absolute Gasteiger partial charge is 0.462 e. The molecule has 1 aromatic rings. The summed E-state index contributed by atoms with van der Waals surface area (Å²) >= 11 is 0. The van der Waals surface area contributed by atoms with Crippen molar-refractivity contribution in [2.75, 3.05) is 0 Å². The molecule has 2 unspecified atom stereocenters. The van der Waals surface area contributed by atoms with E-state index in [1.165, 1.54) is 12.1 Å². The number of benzene rings is 1. The molecule has 9 heteroatoms. The van der Waals surface area contributed by atoms with Crippen LogP contribution in [0.1, 0.15) is 56.9 Å². The molecule has 0 radical (unpaired) electrons. The summed E-state index contributed by atoms with van der Waals surface area (Å²) in [4.78, 5) is 11.6. The van der Waals surface area contributed by atoms with Gasteiger partial charge in [0.15, 0.2) is 0 Å². The van der Waals surface area contributed by atoms with Gasteiger partial charge in [0.2, 0.25) is 0 Å². The van der Waals surface area contributed by atoms with Crippen LogP contribution in [0.3, 0.4) is 0 Å². The molecule has 1 saturated carbocycles. The van der Waals surface area contributed by atoms with E-state index in [0.717, 1.165) is 31.2 Å². The molecule has 1 fully saturated rings. The number of rotatable bonds is 6. The standard InChI is InChI=1S/C17H21F3O5S/c1-2-4-16(21)24-15-6-3-5-13(11-15)12-7-9-14(10-8-12)25-26(22,23)17(18,19)20/h7-10,13,15H,2-6,11H2,1H3. The number of ether oxygens (including phenoxy) is 1. The van der Waals surface area contributed by atoms with Crippen LogP contribution in [0.2, 0.25) is 0 Å². The zero-order valence-corrected chi connectivity index (χ0v) is 15.1. The molecule has 1 aliphatic carbocycles. The van der Waals surface area contributed by atoms with E-state index in [0.29, 0.717) is 12.8 Å². The first kappa shape index (κ1) is 20.5. The van der Waals surface area contributed by atoms with E-state index in [-0.39, 0.29) is 18.0 Å². The lowest BCUT2D eigenvalue weighted by molar-refractivity contribution is -0.150. The normalized spacial score (nSPS) is 21.2. The van der Waals surface area contributed by atoms with Gasteiger partial charge in [-0.25, -0.2) is 0 Å². The van der Waals surface area contributed by atoms with Gasteiger partial charge >= 0.3 is 21.6 Å². The van der Waals surface area contributed by atoms with E-state index in [9.17, 15) is 26.4 Å². The van der Waals surface area contributed by atoms with Crippen molar-refractivity contribution >= 4 is 16.1 Å². The van der Waals surface area contributed by atoms with Crippen molar-refractivity contribution in [1.82, 2.24) is 0 Å². The molecule has 0 amide bonds. The third-order valence-corrected chi connectivity index (χ3v) is 5.20. The highest BCUT2D eigenvalue weighted by Crippen LogP contribution is 2.35. The Morgan fingerprint density at radius 2 is 1.85 bits per heavy atom. The molecule has 0 spiro atoms. The summed E-state index contributed by atoms with van der Waals surface area (Å²) in [5.41, 5.74) is -4.62. The number of esters is 1. The Bertz CT molecular complexity index is 713. The van der Waals surface area contributed by atoms with Crippen LogP contribution in [0, 0.1) is 0 Å². The van der Waals surface area contributed by atoms with E-state index >= 15 is 0 Å². The Morgan fingerprint density at radius 1 is 1.19 bits per heavy atom. The van der Waals surface area contributed by atoms with E-state index in [1.54, 1.807) is 12.1 Å². The van der Waals surface area contributed by atoms with E-state index < -0.39 is 21.4 Å². The monoisotopic (exact) mass is 394 g/mol. The second-order valence-corrected chi connectivity index (χ2v) is 7.82. The number of hydrogen-bond donors (Lipinski definition) is 0. The van der Waals surface area contributed by atoms with Crippen LogP contribution >= 0.6 is 0 Å². The second kappa shape index (κ2) is 8.28. The molecule has 0 saturated heterocycles. The van der Waals surface area contributed by atoms with Gasteiger partial charge in [-0.2, -0.15) is 21.6 Å². The minimum absolute atomic E-state index is 0.0939. The predicted molar refractivity (Wildman–Crippen MR) is 88.0 cm³/mol. The lowest BCUT2D eigenvalue weighted by atomic mass is 9.82. The van der Waals surface area contributed by atoms with Gasteiger partial charge in [-0.3, -0.25) is 4.79 Å². The summed E-state index contributed by atoms with van der Waals surface area (Å²) in [6, 6.07) is 5.49. The zero-order valence-electron chi connectivity index (χ0n) is 14.3. The van der Waals surface area contributed by atoms with Crippen molar-refractivity contribution in [2.45, 2.75) is 63.0 Å². The maximum absolute atomic E-state index is 12.3. The summed E-state index contributed by atoms with van der Waals surface area (Å²) in [5.74, 6) is -0.525. The van der Waals surface area contributed by atoms with Crippen molar-refractivity contribution in [1.29, 1.82) is 0 Å². The predicted octanol–water partition coefficient (Wildman–Crippen LogP) is 4.28. The fraction of sp³-hybridized carbons (Fsp3) is 0.588. The van der Waals surface area contributed by atoms with Gasteiger partial charge in [-0.15, -0.1) is 0 Å². The number of carbonyl (C=O) groups is 1. The molecule has 146 valence electrons. The maximum atomic E-state index is 12.3. The molecule has 0 heterocycles. The van der Waals surface area contributed by atoms with Crippen molar-refractivity contribution in [2.24, 2.45) is 0 Å². The lowest BCUT2D eigenvalue weighted by Crippen LogP contribution is -2.28. The first-order chi connectivity index (χ1) is 12.1. The van der Waals surface area contributed by atoms with Crippen LogP contribution in [0.4, 0.5) is 13.2 Å². The highest BCUT2D eigenvalue weighted by molar-refractivity contribution is 7.88. The zero-order chi connectivity index (χ0) is 19.4. The van der Waals surface area contributed by atoms with Crippen molar-refractivity contribution < 1.29 is 35.3 Å². The molecular weight excluding hydrogens is 373 g/mol. The summed E-state index contributed by atoms with van der Waals surface area (Å²) < 4.78 is 68.6. The van der Waals surface area contributed by atoms with Crippen LogP contribution in [-0.2, 0) is 19.6 Å². The average molecular weight is 394 g/mol. The number of hydrogen-bond acceptors (Lipinski definition) is 5. The van der Waals surface area contributed by atoms with Crippen molar-refractivity contribution in [3.63, 3.8) is 0 Å². The van der Waals surface area contributed by atoms with Gasteiger partial charge in [0.05, 0.1) is 0 Å². The van der Waals surface area contributed by atoms with Crippen molar-refractivity contribution in [3.05, 3.63) is 29.8 Å². The molecule has 0 bridgehead atoms. The molecule has 0 aliphatic heterocycles. The van der Waals surface area contributed by atoms with Gasteiger partial charge in [0, 0.05) is 6.42 Å². The molecule has 2 rings (SSSR count). The highest BCUT2D eigenvalue weighted by atomic mass is 32.2. The molecule has 1 aromatic carbocycles. The third-order valence-electron chi connectivity index (χ3n) is 4.22. The Labute approximate surface area is 150 Å². The van der Waals surface area contributed by atoms with Gasteiger partial charge in [0.1, 0.15) is 11.9 Å².